The van der Waals surface area contributed by atoms with E-state index in [1.54, 1.807) is 20.8 Å². The van der Waals surface area contributed by atoms with Crippen LogP contribution in [0.4, 0.5) is 23.4 Å². The first-order valence-corrected chi connectivity index (χ1v) is 11.1. The molecule has 3 aromatic rings. The van der Waals surface area contributed by atoms with Crippen molar-refractivity contribution in [3.05, 3.63) is 83.4 Å². The molecular formula is C26H24BF3KNO4. The topological polar surface area (TPSA) is 64.6 Å². The smallest absolute Gasteiger partial charge is 0.456 e. The van der Waals surface area contributed by atoms with Gasteiger partial charge in [-0.2, -0.15) is 0 Å². The zero-order valence-electron chi connectivity index (χ0n) is 20.5. The fourth-order valence-electron chi connectivity index (χ4n) is 4.12. The van der Waals surface area contributed by atoms with Crippen molar-refractivity contribution in [3.63, 3.8) is 0 Å². The first-order chi connectivity index (χ1) is 16.4. The van der Waals surface area contributed by atoms with Crippen LogP contribution in [0.3, 0.4) is 0 Å². The second-order valence-electron chi connectivity index (χ2n) is 9.37. The van der Waals surface area contributed by atoms with Gasteiger partial charge in [-0.25, -0.2) is 9.59 Å². The number of hydrogen-bond donors (Lipinski definition) is 1. The summed E-state index contributed by atoms with van der Waals surface area (Å²) in [7, 11) is 0. The average Bonchev–Trinajstić information content (AvgIpc) is 3.09. The van der Waals surface area contributed by atoms with Crippen LogP contribution in [0.25, 0.3) is 11.1 Å². The fraction of sp³-hybridized carbons (Fsp3) is 0.231. The number of carbonyl (C=O) groups is 2. The molecule has 0 aromatic heterocycles. The predicted molar refractivity (Wildman–Crippen MR) is 129 cm³/mol. The van der Waals surface area contributed by atoms with Crippen LogP contribution in [-0.2, 0) is 9.47 Å². The number of rotatable bonds is 5. The number of anilines is 1. The Morgan fingerprint density at radius 1 is 0.917 bits per heavy atom. The summed E-state index contributed by atoms with van der Waals surface area (Å²) in [4.78, 5) is 24.9. The van der Waals surface area contributed by atoms with E-state index in [2.05, 4.69) is 5.32 Å². The van der Waals surface area contributed by atoms with Gasteiger partial charge >= 0.3 is 70.4 Å². The molecule has 5 nitrogen and oxygen atoms in total. The third kappa shape index (κ3) is 6.60. The van der Waals surface area contributed by atoms with Gasteiger partial charge in [-0.1, -0.05) is 60.7 Å². The molecule has 4 rings (SSSR count). The number of fused-ring (bicyclic) bond motifs is 3. The maximum absolute atomic E-state index is 13.5. The number of amides is 1. The number of ether oxygens (including phenoxy) is 2. The second-order valence-corrected chi connectivity index (χ2v) is 9.37. The molecule has 0 bridgehead atoms. The molecular weight excluding hydrogens is 497 g/mol. The van der Waals surface area contributed by atoms with Gasteiger partial charge in [-0.15, -0.1) is 5.46 Å². The summed E-state index contributed by atoms with van der Waals surface area (Å²) >= 11 is 0. The number of halogens is 3. The maximum atomic E-state index is 13.5. The van der Waals surface area contributed by atoms with Crippen molar-refractivity contribution in [2.45, 2.75) is 32.3 Å². The third-order valence-electron chi connectivity index (χ3n) is 5.56. The standard InChI is InChI=1S/C26H24BF3NO4.K/c1-26(2,3)35-24(32)16-12-17(27(28,29)30)14-18(13-16)31-25(33)34-15-23-21-10-6-4-8-19(21)20-9-5-7-11-22(20)23;/h4-14,23H,15H2,1-3H3,(H,31,33);/q-1;+1. The summed E-state index contributed by atoms with van der Waals surface area (Å²) < 4.78 is 51.1. The Morgan fingerprint density at radius 2 is 1.47 bits per heavy atom. The zero-order chi connectivity index (χ0) is 25.4. The van der Waals surface area contributed by atoms with Crippen LogP contribution in [-0.4, -0.2) is 31.2 Å². The van der Waals surface area contributed by atoms with E-state index in [9.17, 15) is 22.5 Å². The van der Waals surface area contributed by atoms with Gasteiger partial charge in [0.2, 0.25) is 0 Å². The van der Waals surface area contributed by atoms with Crippen LogP contribution in [0.2, 0.25) is 0 Å². The maximum Gasteiger partial charge on any atom is 1.00 e. The number of benzene rings is 3. The minimum Gasteiger partial charge on any atom is -0.456 e. The Kier molecular flexibility index (Phi) is 8.78. The predicted octanol–water partition coefficient (Wildman–Crippen LogP) is 3.06. The first kappa shape index (κ1) is 28.5. The van der Waals surface area contributed by atoms with Gasteiger partial charge < -0.3 is 22.4 Å². The minimum atomic E-state index is -5.42. The van der Waals surface area contributed by atoms with Crippen LogP contribution in [0.1, 0.15) is 48.2 Å². The molecule has 10 heteroatoms. The summed E-state index contributed by atoms with van der Waals surface area (Å²) in [5.74, 6) is -1.12. The molecule has 36 heavy (non-hydrogen) atoms. The van der Waals surface area contributed by atoms with E-state index in [0.717, 1.165) is 40.5 Å². The van der Waals surface area contributed by atoms with Crippen LogP contribution < -0.4 is 62.2 Å². The van der Waals surface area contributed by atoms with Crippen LogP contribution >= 0.6 is 0 Å². The normalized spacial score (nSPS) is 12.7. The van der Waals surface area contributed by atoms with E-state index in [-0.39, 0.29) is 75.2 Å². The average molecular weight is 521 g/mol. The molecule has 0 radical (unpaired) electrons. The fourth-order valence-corrected chi connectivity index (χ4v) is 4.12. The molecule has 0 heterocycles. The summed E-state index contributed by atoms with van der Waals surface area (Å²) in [5, 5.41) is 2.33. The van der Waals surface area contributed by atoms with Crippen molar-refractivity contribution in [2.75, 3.05) is 11.9 Å². The Labute approximate surface area is 250 Å². The van der Waals surface area contributed by atoms with Gasteiger partial charge in [0, 0.05) is 11.6 Å². The molecule has 0 saturated carbocycles. The molecule has 0 unspecified atom stereocenters. The summed E-state index contributed by atoms with van der Waals surface area (Å²) in [6.07, 6.45) is -0.922. The molecule has 0 fully saturated rings. The van der Waals surface area contributed by atoms with E-state index in [1.807, 2.05) is 48.5 Å². The van der Waals surface area contributed by atoms with Gasteiger partial charge in [0.15, 0.2) is 0 Å². The SMILES string of the molecule is CC(C)(C)OC(=O)c1cc(NC(=O)OCC2c3ccccc3-c3ccccc32)cc([B-](F)(F)F)c1.[K+]. The van der Waals surface area contributed by atoms with Gasteiger partial charge in [-0.3, -0.25) is 5.32 Å². The Balaban J connectivity index is 0.00000361. The van der Waals surface area contributed by atoms with E-state index < -0.39 is 30.1 Å². The quantitative estimate of drug-likeness (QED) is 0.414. The molecule has 3 aromatic carbocycles. The minimum absolute atomic E-state index is 0. The van der Waals surface area contributed by atoms with Gasteiger partial charge in [-0.05, 0) is 49.1 Å². The van der Waals surface area contributed by atoms with Crippen molar-refractivity contribution < 1.29 is 83.4 Å². The Morgan fingerprint density at radius 3 is 2.00 bits per heavy atom. The van der Waals surface area contributed by atoms with Gasteiger partial charge in [0.1, 0.15) is 12.2 Å². The molecule has 0 aliphatic heterocycles. The molecule has 0 atom stereocenters. The molecule has 0 spiro atoms. The first-order valence-electron chi connectivity index (χ1n) is 11.1. The Bertz CT molecular complexity index is 1250. The molecule has 0 saturated heterocycles. The van der Waals surface area contributed by atoms with Crippen molar-refractivity contribution in [1.29, 1.82) is 0 Å². The molecule has 1 amide bonds. The van der Waals surface area contributed by atoms with Gasteiger partial charge in [0.05, 0.1) is 5.56 Å². The molecule has 1 aliphatic rings. The molecule has 182 valence electrons. The van der Waals surface area contributed by atoms with Crippen molar-refractivity contribution in [2.24, 2.45) is 0 Å². The third-order valence-corrected chi connectivity index (χ3v) is 5.56. The number of carbonyl (C=O) groups excluding carboxylic acids is 2. The van der Waals surface area contributed by atoms with Crippen LogP contribution in [0.5, 0.6) is 0 Å². The van der Waals surface area contributed by atoms with Crippen LogP contribution in [0, 0.1) is 0 Å². The van der Waals surface area contributed by atoms with Crippen molar-refractivity contribution in [1.82, 2.24) is 0 Å². The van der Waals surface area contributed by atoms with E-state index >= 15 is 0 Å². The number of nitrogens with one attached hydrogen (secondary N) is 1. The Hall–Kier alpha value is -2.11. The molecule has 1 aliphatic carbocycles. The summed E-state index contributed by atoms with van der Waals surface area (Å²) in [5.41, 5.74) is 1.69. The number of esters is 1. The molecule has 1 N–H and O–H groups in total. The van der Waals surface area contributed by atoms with Crippen molar-refractivity contribution >= 4 is 30.2 Å². The zero-order valence-corrected chi connectivity index (χ0v) is 23.6. The van der Waals surface area contributed by atoms with Crippen LogP contribution in [0.15, 0.2) is 66.7 Å². The van der Waals surface area contributed by atoms with Crippen molar-refractivity contribution in [3.8, 4) is 11.1 Å². The van der Waals surface area contributed by atoms with E-state index in [4.69, 9.17) is 9.47 Å². The van der Waals surface area contributed by atoms with E-state index in [0.29, 0.717) is 0 Å². The number of hydrogen-bond acceptors (Lipinski definition) is 4. The van der Waals surface area contributed by atoms with E-state index in [1.165, 1.54) is 0 Å². The van der Waals surface area contributed by atoms with Gasteiger partial charge in [0.25, 0.3) is 0 Å². The second kappa shape index (κ2) is 11.1. The summed E-state index contributed by atoms with van der Waals surface area (Å²) in [6.45, 7) is -0.591. The largest absolute Gasteiger partial charge is 1.00 e. The monoisotopic (exact) mass is 521 g/mol. The summed E-state index contributed by atoms with van der Waals surface area (Å²) in [6, 6.07) is 18.2.